The lowest BCUT2D eigenvalue weighted by Crippen LogP contribution is -2.31. The SMILES string of the molecule is COCCCN1C(=O)C(=O)/C(=C(/O)c2ccc(Br)cc2)C1c1cn(C)c2ccccc12. The molecule has 1 aliphatic heterocycles. The molecule has 1 unspecified atom stereocenters. The van der Waals surface area contributed by atoms with Gasteiger partial charge in [-0.2, -0.15) is 0 Å². The summed E-state index contributed by atoms with van der Waals surface area (Å²) in [4.78, 5) is 27.7. The Hall–Kier alpha value is -2.90. The number of Topliss-reactive ketones (excluding diaryl/α,β-unsaturated/α-hetero) is 1. The normalized spacial score (nSPS) is 18.3. The largest absolute Gasteiger partial charge is 0.507 e. The molecule has 7 heteroatoms. The third-order valence-electron chi connectivity index (χ3n) is 5.63. The topological polar surface area (TPSA) is 71.8 Å². The number of para-hydroxylation sites is 1. The zero-order valence-electron chi connectivity index (χ0n) is 17.3. The maximum atomic E-state index is 13.1. The number of fused-ring (bicyclic) bond motifs is 1. The van der Waals surface area contributed by atoms with Crippen LogP contribution in [0.3, 0.4) is 0 Å². The molecule has 1 aliphatic rings. The van der Waals surface area contributed by atoms with Crippen molar-refractivity contribution in [3.05, 3.63) is 75.9 Å². The number of ether oxygens (including phenoxy) is 1. The van der Waals surface area contributed by atoms with Gasteiger partial charge in [0.05, 0.1) is 11.6 Å². The molecule has 1 saturated heterocycles. The molecular formula is C24H23BrN2O4. The summed E-state index contributed by atoms with van der Waals surface area (Å²) in [7, 11) is 3.53. The van der Waals surface area contributed by atoms with Gasteiger partial charge in [-0.05, 0) is 24.6 Å². The van der Waals surface area contributed by atoms with Gasteiger partial charge >= 0.3 is 0 Å². The summed E-state index contributed by atoms with van der Waals surface area (Å²) in [5, 5.41) is 12.1. The first-order valence-electron chi connectivity index (χ1n) is 10.0. The molecule has 0 spiro atoms. The molecule has 1 amide bonds. The number of nitrogens with zero attached hydrogens (tertiary/aromatic N) is 2. The minimum atomic E-state index is -0.674. The van der Waals surface area contributed by atoms with Gasteiger partial charge in [0, 0.05) is 60.0 Å². The fraction of sp³-hybridized carbons (Fsp3) is 0.250. The molecule has 1 aromatic heterocycles. The predicted octanol–water partition coefficient (Wildman–Crippen LogP) is 4.40. The van der Waals surface area contributed by atoms with Gasteiger partial charge in [-0.15, -0.1) is 0 Å². The van der Waals surface area contributed by atoms with Crippen LogP contribution in [0.25, 0.3) is 16.7 Å². The van der Waals surface area contributed by atoms with Crippen molar-refractivity contribution in [1.82, 2.24) is 9.47 Å². The molecular weight excluding hydrogens is 460 g/mol. The van der Waals surface area contributed by atoms with E-state index < -0.39 is 17.7 Å². The van der Waals surface area contributed by atoms with E-state index in [1.165, 1.54) is 0 Å². The summed E-state index contributed by atoms with van der Waals surface area (Å²) < 4.78 is 7.97. The number of halogens is 1. The first kappa shape index (κ1) is 21.3. The van der Waals surface area contributed by atoms with Crippen molar-refractivity contribution in [3.8, 4) is 0 Å². The molecule has 1 atom stereocenters. The number of rotatable bonds is 6. The van der Waals surface area contributed by atoms with E-state index in [0.29, 0.717) is 25.1 Å². The summed E-state index contributed by atoms with van der Waals surface area (Å²) in [5.74, 6) is -1.44. The lowest BCUT2D eigenvalue weighted by atomic mass is 9.95. The van der Waals surface area contributed by atoms with Crippen molar-refractivity contribution in [3.63, 3.8) is 0 Å². The van der Waals surface area contributed by atoms with Crippen molar-refractivity contribution < 1.29 is 19.4 Å². The number of amides is 1. The van der Waals surface area contributed by atoms with Crippen LogP contribution in [0.4, 0.5) is 0 Å². The van der Waals surface area contributed by atoms with Gasteiger partial charge < -0.3 is 19.3 Å². The molecule has 31 heavy (non-hydrogen) atoms. The monoisotopic (exact) mass is 482 g/mol. The molecule has 0 bridgehead atoms. The number of aliphatic hydroxyl groups excluding tert-OH is 1. The van der Waals surface area contributed by atoms with Crippen molar-refractivity contribution in [2.45, 2.75) is 12.5 Å². The number of likely N-dealkylation sites (tertiary alicyclic amines) is 1. The standard InChI is InChI=1S/C24H23BrN2O4/c1-26-14-18(17-6-3-4-7-19(17)26)21-20(22(28)15-8-10-16(25)11-9-15)23(29)24(30)27(21)12-5-13-31-2/h3-4,6-11,14,21,28H,5,12-13H2,1-2H3/b22-20+. The third-order valence-corrected chi connectivity index (χ3v) is 6.16. The Labute approximate surface area is 188 Å². The van der Waals surface area contributed by atoms with Crippen LogP contribution in [0.1, 0.15) is 23.6 Å². The van der Waals surface area contributed by atoms with Gasteiger partial charge in [-0.1, -0.05) is 46.3 Å². The molecule has 0 radical (unpaired) electrons. The number of aliphatic hydroxyl groups is 1. The van der Waals surface area contributed by atoms with Crippen LogP contribution in [-0.2, 0) is 21.4 Å². The average Bonchev–Trinajstić information content (AvgIpc) is 3.23. The zero-order chi connectivity index (χ0) is 22.1. The van der Waals surface area contributed by atoms with E-state index >= 15 is 0 Å². The zero-order valence-corrected chi connectivity index (χ0v) is 18.9. The quantitative estimate of drug-likeness (QED) is 0.244. The summed E-state index contributed by atoms with van der Waals surface area (Å²) in [6.07, 6.45) is 2.52. The molecule has 6 nitrogen and oxygen atoms in total. The Morgan fingerprint density at radius 2 is 1.84 bits per heavy atom. The van der Waals surface area contributed by atoms with E-state index in [9.17, 15) is 14.7 Å². The van der Waals surface area contributed by atoms with Crippen molar-refractivity contribution in [1.29, 1.82) is 0 Å². The lowest BCUT2D eigenvalue weighted by Gasteiger charge is -2.24. The van der Waals surface area contributed by atoms with Crippen LogP contribution in [-0.4, -0.2) is 46.5 Å². The van der Waals surface area contributed by atoms with Gasteiger partial charge in [0.15, 0.2) is 0 Å². The van der Waals surface area contributed by atoms with Crippen molar-refractivity contribution in [2.75, 3.05) is 20.3 Å². The highest BCUT2D eigenvalue weighted by Crippen LogP contribution is 2.42. The molecule has 1 fully saturated rings. The van der Waals surface area contributed by atoms with Crippen LogP contribution in [0.5, 0.6) is 0 Å². The highest BCUT2D eigenvalue weighted by molar-refractivity contribution is 9.10. The summed E-state index contributed by atoms with van der Waals surface area (Å²) in [6, 6.07) is 14.2. The molecule has 1 N–H and O–H groups in total. The minimum Gasteiger partial charge on any atom is -0.507 e. The third kappa shape index (κ3) is 3.79. The lowest BCUT2D eigenvalue weighted by molar-refractivity contribution is -0.140. The van der Waals surface area contributed by atoms with Crippen LogP contribution in [0, 0.1) is 0 Å². The van der Waals surface area contributed by atoms with E-state index in [4.69, 9.17) is 4.74 Å². The second kappa shape index (κ2) is 8.69. The van der Waals surface area contributed by atoms with Gasteiger partial charge in [0.2, 0.25) is 0 Å². The Bertz CT molecular complexity index is 1180. The number of aryl methyl sites for hydroxylation is 1. The fourth-order valence-corrected chi connectivity index (χ4v) is 4.43. The Morgan fingerprint density at radius 1 is 1.13 bits per heavy atom. The first-order chi connectivity index (χ1) is 14.9. The van der Waals surface area contributed by atoms with E-state index in [0.717, 1.165) is 20.9 Å². The van der Waals surface area contributed by atoms with E-state index in [1.807, 2.05) is 42.1 Å². The minimum absolute atomic E-state index is 0.112. The van der Waals surface area contributed by atoms with Crippen molar-refractivity contribution in [2.24, 2.45) is 7.05 Å². The van der Waals surface area contributed by atoms with Gasteiger partial charge in [-0.3, -0.25) is 9.59 Å². The average molecular weight is 483 g/mol. The highest BCUT2D eigenvalue weighted by atomic mass is 79.9. The maximum Gasteiger partial charge on any atom is 0.295 e. The van der Waals surface area contributed by atoms with E-state index in [2.05, 4.69) is 15.9 Å². The number of hydrogen-bond donors (Lipinski definition) is 1. The van der Waals surface area contributed by atoms with Gasteiger partial charge in [0.1, 0.15) is 5.76 Å². The van der Waals surface area contributed by atoms with Crippen LogP contribution >= 0.6 is 15.9 Å². The first-order valence-corrected chi connectivity index (χ1v) is 10.8. The molecule has 0 saturated carbocycles. The number of aromatic nitrogens is 1. The molecule has 0 aliphatic carbocycles. The number of hydrogen-bond acceptors (Lipinski definition) is 4. The van der Waals surface area contributed by atoms with Gasteiger partial charge in [-0.25, -0.2) is 0 Å². The number of methoxy groups -OCH3 is 1. The molecule has 3 aromatic rings. The second-order valence-electron chi connectivity index (χ2n) is 7.56. The van der Waals surface area contributed by atoms with E-state index in [1.54, 1.807) is 36.3 Å². The van der Waals surface area contributed by atoms with Crippen molar-refractivity contribution >= 4 is 44.3 Å². The Morgan fingerprint density at radius 3 is 2.55 bits per heavy atom. The Kier molecular flexibility index (Phi) is 5.98. The number of benzene rings is 2. The van der Waals surface area contributed by atoms with Crippen LogP contribution < -0.4 is 0 Å². The van der Waals surface area contributed by atoms with Crippen LogP contribution in [0.2, 0.25) is 0 Å². The molecule has 160 valence electrons. The summed E-state index contributed by atoms with van der Waals surface area (Å²) >= 11 is 3.38. The molecule has 4 rings (SSSR count). The molecule has 2 heterocycles. The van der Waals surface area contributed by atoms with Gasteiger partial charge in [0.25, 0.3) is 11.7 Å². The fourth-order valence-electron chi connectivity index (χ4n) is 4.17. The summed E-state index contributed by atoms with van der Waals surface area (Å²) in [5.41, 5.74) is 2.40. The maximum absolute atomic E-state index is 13.1. The predicted molar refractivity (Wildman–Crippen MR) is 123 cm³/mol. The second-order valence-corrected chi connectivity index (χ2v) is 8.47. The smallest absolute Gasteiger partial charge is 0.295 e. The summed E-state index contributed by atoms with van der Waals surface area (Å²) in [6.45, 7) is 0.821. The highest BCUT2D eigenvalue weighted by Gasteiger charge is 2.46. The van der Waals surface area contributed by atoms with Crippen LogP contribution in [0.15, 0.2) is 64.8 Å². The van der Waals surface area contributed by atoms with E-state index in [-0.39, 0.29) is 11.3 Å². The number of ketones is 1. The molecule has 2 aromatic carbocycles. The Balaban J connectivity index is 1.91. The number of carbonyl (C=O) groups excluding carboxylic acids is 2. The number of carbonyl (C=O) groups is 2.